The molecule has 0 saturated heterocycles. The van der Waals surface area contributed by atoms with Crippen LogP contribution >= 0.6 is 11.6 Å². The number of hydrogen-bond acceptors (Lipinski definition) is 4. The van der Waals surface area contributed by atoms with Gasteiger partial charge in [-0.25, -0.2) is 0 Å². The van der Waals surface area contributed by atoms with Crippen molar-refractivity contribution in [2.45, 2.75) is 13.8 Å². The molecular formula is C13H13ClN4O3. The number of anilines is 1. The number of benzene rings is 1. The van der Waals surface area contributed by atoms with Gasteiger partial charge in [0.2, 0.25) is 0 Å². The van der Waals surface area contributed by atoms with Crippen LogP contribution in [0.15, 0.2) is 18.2 Å². The van der Waals surface area contributed by atoms with E-state index in [9.17, 15) is 14.9 Å². The minimum Gasteiger partial charge on any atom is -0.320 e. The Morgan fingerprint density at radius 3 is 2.62 bits per heavy atom. The van der Waals surface area contributed by atoms with Crippen molar-refractivity contribution in [2.24, 2.45) is 7.05 Å². The van der Waals surface area contributed by atoms with Gasteiger partial charge in [0.15, 0.2) is 0 Å². The number of carbonyl (C=O) groups excluding carboxylic acids is 1. The summed E-state index contributed by atoms with van der Waals surface area (Å²) in [6, 6.07) is 3.87. The van der Waals surface area contributed by atoms with Crippen molar-refractivity contribution in [1.82, 2.24) is 9.78 Å². The summed E-state index contributed by atoms with van der Waals surface area (Å²) in [4.78, 5) is 22.5. The highest BCUT2D eigenvalue weighted by Gasteiger charge is 2.19. The van der Waals surface area contributed by atoms with Gasteiger partial charge in [0.1, 0.15) is 0 Å². The summed E-state index contributed by atoms with van der Waals surface area (Å²) in [6.07, 6.45) is 0. The third-order valence-corrected chi connectivity index (χ3v) is 3.47. The molecule has 0 unspecified atom stereocenters. The Morgan fingerprint density at radius 2 is 2.10 bits per heavy atom. The first-order valence-electron chi connectivity index (χ1n) is 6.06. The molecule has 1 N–H and O–H groups in total. The molecule has 0 fully saturated rings. The zero-order valence-electron chi connectivity index (χ0n) is 11.7. The topological polar surface area (TPSA) is 90.1 Å². The van der Waals surface area contributed by atoms with Gasteiger partial charge in [0.25, 0.3) is 11.6 Å². The van der Waals surface area contributed by atoms with Crippen molar-refractivity contribution >= 4 is 28.9 Å². The molecule has 1 aromatic carbocycles. The molecule has 1 heterocycles. The standard InChI is InChI=1S/C13H13ClN4O3/c1-7-12(8(2)17(3)16-7)13(19)15-11-6-9(18(20)21)4-5-10(11)14/h4-6H,1-3H3,(H,15,19). The van der Waals surface area contributed by atoms with E-state index in [2.05, 4.69) is 10.4 Å². The third-order valence-electron chi connectivity index (χ3n) is 3.15. The van der Waals surface area contributed by atoms with Gasteiger partial charge < -0.3 is 5.32 Å². The Hall–Kier alpha value is -2.41. The van der Waals surface area contributed by atoms with Gasteiger partial charge in [0, 0.05) is 24.9 Å². The Bertz CT molecular complexity index is 739. The molecule has 7 nitrogen and oxygen atoms in total. The Morgan fingerprint density at radius 1 is 1.43 bits per heavy atom. The molecule has 0 aliphatic carbocycles. The fraction of sp³-hybridized carbons (Fsp3) is 0.231. The number of non-ortho nitro benzene ring substituents is 1. The Balaban J connectivity index is 2.35. The number of rotatable bonds is 3. The molecule has 8 heteroatoms. The van der Waals surface area contributed by atoms with Crippen molar-refractivity contribution in [3.05, 3.63) is 50.3 Å². The Kier molecular flexibility index (Phi) is 3.95. The number of nitrogens with one attached hydrogen (secondary N) is 1. The van der Waals surface area contributed by atoms with E-state index in [0.717, 1.165) is 0 Å². The van der Waals surface area contributed by atoms with Gasteiger partial charge in [-0.05, 0) is 19.9 Å². The normalized spacial score (nSPS) is 10.5. The maximum atomic E-state index is 12.3. The lowest BCUT2D eigenvalue weighted by Crippen LogP contribution is -2.14. The quantitative estimate of drug-likeness (QED) is 0.697. The second kappa shape index (κ2) is 5.53. The van der Waals surface area contributed by atoms with Gasteiger partial charge in [-0.2, -0.15) is 5.10 Å². The van der Waals surface area contributed by atoms with Crippen molar-refractivity contribution in [2.75, 3.05) is 5.32 Å². The van der Waals surface area contributed by atoms with Crippen LogP contribution in [0.3, 0.4) is 0 Å². The molecule has 0 spiro atoms. The molecule has 1 aromatic heterocycles. The van der Waals surface area contributed by atoms with Gasteiger partial charge in [-0.1, -0.05) is 11.6 Å². The summed E-state index contributed by atoms with van der Waals surface area (Å²) >= 11 is 5.96. The summed E-state index contributed by atoms with van der Waals surface area (Å²) < 4.78 is 1.60. The third kappa shape index (κ3) is 2.87. The van der Waals surface area contributed by atoms with E-state index < -0.39 is 10.8 Å². The predicted octanol–water partition coefficient (Wildman–Crippen LogP) is 2.85. The Labute approximate surface area is 125 Å². The fourth-order valence-corrected chi connectivity index (χ4v) is 2.17. The van der Waals surface area contributed by atoms with Gasteiger partial charge in [0.05, 0.1) is 26.9 Å². The van der Waals surface area contributed by atoms with Gasteiger partial charge >= 0.3 is 0 Å². The van der Waals surface area contributed by atoms with E-state index in [0.29, 0.717) is 17.0 Å². The molecule has 0 aliphatic heterocycles. The zero-order chi connectivity index (χ0) is 15.7. The van der Waals surface area contributed by atoms with E-state index in [1.165, 1.54) is 18.2 Å². The molecule has 2 rings (SSSR count). The molecule has 0 aliphatic rings. The van der Waals surface area contributed by atoms with E-state index in [1.54, 1.807) is 25.6 Å². The molecule has 1 amide bonds. The second-order valence-corrected chi connectivity index (χ2v) is 4.95. The molecule has 0 bridgehead atoms. The number of halogens is 1. The van der Waals surface area contributed by atoms with Crippen LogP contribution in [0.1, 0.15) is 21.7 Å². The highest BCUT2D eigenvalue weighted by Crippen LogP contribution is 2.27. The van der Waals surface area contributed by atoms with Crippen LogP contribution in [0.5, 0.6) is 0 Å². The molecule has 110 valence electrons. The number of aryl methyl sites for hydroxylation is 2. The first kappa shape index (κ1) is 15.0. The minimum absolute atomic E-state index is 0.144. The first-order chi connectivity index (χ1) is 9.81. The van der Waals surface area contributed by atoms with Crippen molar-refractivity contribution in [3.63, 3.8) is 0 Å². The number of nitrogens with zero attached hydrogens (tertiary/aromatic N) is 3. The molecular weight excluding hydrogens is 296 g/mol. The van der Waals surface area contributed by atoms with E-state index in [4.69, 9.17) is 11.6 Å². The van der Waals surface area contributed by atoms with Crippen LogP contribution in [-0.4, -0.2) is 20.6 Å². The molecule has 0 saturated carbocycles. The van der Waals surface area contributed by atoms with Crippen molar-refractivity contribution in [1.29, 1.82) is 0 Å². The highest BCUT2D eigenvalue weighted by atomic mass is 35.5. The molecule has 0 radical (unpaired) electrons. The second-order valence-electron chi connectivity index (χ2n) is 4.54. The molecule has 0 atom stereocenters. The largest absolute Gasteiger partial charge is 0.320 e. The average molecular weight is 309 g/mol. The summed E-state index contributed by atoms with van der Waals surface area (Å²) in [7, 11) is 1.74. The summed E-state index contributed by atoms with van der Waals surface area (Å²) in [5, 5.41) is 17.7. The number of amides is 1. The van der Waals surface area contributed by atoms with Crippen LogP contribution in [0.2, 0.25) is 5.02 Å². The van der Waals surface area contributed by atoms with Crippen LogP contribution in [0, 0.1) is 24.0 Å². The monoisotopic (exact) mass is 308 g/mol. The number of aromatic nitrogens is 2. The SMILES string of the molecule is Cc1nn(C)c(C)c1C(=O)Nc1cc([N+](=O)[O-])ccc1Cl. The lowest BCUT2D eigenvalue weighted by atomic mass is 10.1. The first-order valence-corrected chi connectivity index (χ1v) is 6.44. The number of carbonyl (C=O) groups is 1. The number of nitro groups is 1. The summed E-state index contributed by atoms with van der Waals surface area (Å²) in [6.45, 7) is 3.49. The average Bonchev–Trinajstić information content (AvgIpc) is 2.65. The highest BCUT2D eigenvalue weighted by molar-refractivity contribution is 6.34. The zero-order valence-corrected chi connectivity index (χ0v) is 12.4. The van der Waals surface area contributed by atoms with Crippen molar-refractivity contribution in [3.8, 4) is 0 Å². The lowest BCUT2D eigenvalue weighted by molar-refractivity contribution is -0.384. The van der Waals surface area contributed by atoms with E-state index in [1.807, 2.05) is 0 Å². The van der Waals surface area contributed by atoms with Gasteiger partial charge in [-0.3, -0.25) is 19.6 Å². The minimum atomic E-state index is -0.549. The van der Waals surface area contributed by atoms with Crippen LogP contribution in [0.4, 0.5) is 11.4 Å². The fourth-order valence-electron chi connectivity index (χ4n) is 2.01. The maximum absolute atomic E-state index is 12.3. The van der Waals surface area contributed by atoms with Crippen LogP contribution < -0.4 is 5.32 Å². The summed E-state index contributed by atoms with van der Waals surface area (Å²) in [5.74, 6) is -0.402. The predicted molar refractivity (Wildman–Crippen MR) is 78.7 cm³/mol. The van der Waals surface area contributed by atoms with E-state index in [-0.39, 0.29) is 16.4 Å². The maximum Gasteiger partial charge on any atom is 0.271 e. The smallest absolute Gasteiger partial charge is 0.271 e. The van der Waals surface area contributed by atoms with Crippen LogP contribution in [0.25, 0.3) is 0 Å². The van der Waals surface area contributed by atoms with Gasteiger partial charge in [-0.15, -0.1) is 0 Å². The molecule has 21 heavy (non-hydrogen) atoms. The lowest BCUT2D eigenvalue weighted by Gasteiger charge is -2.07. The summed E-state index contributed by atoms with van der Waals surface area (Å²) in [5.41, 5.74) is 1.76. The van der Waals surface area contributed by atoms with E-state index >= 15 is 0 Å². The molecule has 2 aromatic rings. The van der Waals surface area contributed by atoms with Crippen LogP contribution in [-0.2, 0) is 7.05 Å². The number of hydrogen-bond donors (Lipinski definition) is 1. The van der Waals surface area contributed by atoms with Crippen molar-refractivity contribution < 1.29 is 9.72 Å². The number of nitro benzene ring substituents is 1.